The summed E-state index contributed by atoms with van der Waals surface area (Å²) in [5.74, 6) is 0.439. The molecule has 1 aliphatic heterocycles. The number of carbonyl (C=O) groups excluding carboxylic acids is 1. The van der Waals surface area contributed by atoms with Crippen LogP contribution in [0, 0.1) is 5.92 Å². The smallest absolute Gasteiger partial charge is 0.251 e. The second-order valence-electron chi connectivity index (χ2n) is 5.07. The molecule has 1 atom stereocenters. The van der Waals surface area contributed by atoms with E-state index < -0.39 is 0 Å². The summed E-state index contributed by atoms with van der Waals surface area (Å²) in [6.07, 6.45) is 4.11. The van der Waals surface area contributed by atoms with Crippen molar-refractivity contribution in [1.29, 1.82) is 0 Å². The molecule has 3 rings (SSSR count). The number of benzene rings is 1. The fourth-order valence-electron chi connectivity index (χ4n) is 2.50. The number of amides is 1. The molecule has 0 spiro atoms. The lowest BCUT2D eigenvalue weighted by Crippen LogP contribution is -2.33. The molecule has 1 aromatic heterocycles. The molecule has 0 saturated carbocycles. The lowest BCUT2D eigenvalue weighted by atomic mass is 10.0. The first-order valence-corrected chi connectivity index (χ1v) is 6.76. The minimum atomic E-state index is -0.0120. The molecule has 100 valence electrons. The van der Waals surface area contributed by atoms with Crippen LogP contribution >= 0.6 is 0 Å². The Morgan fingerprint density at radius 3 is 3.21 bits per heavy atom. The summed E-state index contributed by atoms with van der Waals surface area (Å²) in [5.41, 5.74) is 1.69. The van der Waals surface area contributed by atoms with Crippen LogP contribution in [0.2, 0.25) is 0 Å². The van der Waals surface area contributed by atoms with Gasteiger partial charge in [0.1, 0.15) is 0 Å². The molecule has 4 heteroatoms. The van der Waals surface area contributed by atoms with E-state index in [4.69, 9.17) is 4.74 Å². The van der Waals surface area contributed by atoms with Crippen molar-refractivity contribution < 1.29 is 9.53 Å². The molecule has 4 nitrogen and oxygen atoms in total. The van der Waals surface area contributed by atoms with Gasteiger partial charge < -0.3 is 15.0 Å². The minimum Gasteiger partial charge on any atom is -0.381 e. The van der Waals surface area contributed by atoms with Gasteiger partial charge in [-0.25, -0.2) is 0 Å². The van der Waals surface area contributed by atoms with Crippen LogP contribution in [-0.4, -0.2) is 30.6 Å². The number of carbonyl (C=O) groups is 1. The highest BCUT2D eigenvalue weighted by molar-refractivity contribution is 5.97. The van der Waals surface area contributed by atoms with Crippen LogP contribution in [-0.2, 0) is 4.74 Å². The van der Waals surface area contributed by atoms with Gasteiger partial charge in [0.2, 0.25) is 0 Å². The zero-order valence-corrected chi connectivity index (χ0v) is 10.8. The first-order chi connectivity index (χ1) is 9.33. The van der Waals surface area contributed by atoms with E-state index in [1.54, 1.807) is 0 Å². The van der Waals surface area contributed by atoms with E-state index in [1.165, 1.54) is 0 Å². The Morgan fingerprint density at radius 1 is 1.42 bits per heavy atom. The molecule has 1 aromatic carbocycles. The lowest BCUT2D eigenvalue weighted by Gasteiger charge is -2.22. The first kappa shape index (κ1) is 12.2. The monoisotopic (exact) mass is 258 g/mol. The maximum absolute atomic E-state index is 12.1. The van der Waals surface area contributed by atoms with Gasteiger partial charge in [0, 0.05) is 30.4 Å². The Bertz CT molecular complexity index is 570. The van der Waals surface area contributed by atoms with Crippen molar-refractivity contribution in [3.05, 3.63) is 36.0 Å². The highest BCUT2D eigenvalue weighted by atomic mass is 16.5. The maximum atomic E-state index is 12.1. The molecule has 19 heavy (non-hydrogen) atoms. The van der Waals surface area contributed by atoms with Gasteiger partial charge in [0.25, 0.3) is 5.91 Å². The molecule has 1 aliphatic rings. The molecule has 1 saturated heterocycles. The van der Waals surface area contributed by atoms with Crippen molar-refractivity contribution >= 4 is 16.8 Å². The average molecular weight is 258 g/mol. The Morgan fingerprint density at radius 2 is 2.37 bits per heavy atom. The normalized spacial score (nSPS) is 19.5. The predicted molar refractivity (Wildman–Crippen MR) is 74.2 cm³/mol. The molecule has 0 radical (unpaired) electrons. The van der Waals surface area contributed by atoms with Gasteiger partial charge in [-0.3, -0.25) is 4.79 Å². The summed E-state index contributed by atoms with van der Waals surface area (Å²) in [4.78, 5) is 15.2. The zero-order chi connectivity index (χ0) is 13.1. The van der Waals surface area contributed by atoms with Gasteiger partial charge >= 0.3 is 0 Å². The SMILES string of the molecule is O=C(NCC1CCCOC1)c1ccc2cc[nH]c2c1. The molecule has 2 N–H and O–H groups in total. The highest BCUT2D eigenvalue weighted by Crippen LogP contribution is 2.15. The quantitative estimate of drug-likeness (QED) is 0.887. The topological polar surface area (TPSA) is 54.1 Å². The first-order valence-electron chi connectivity index (χ1n) is 6.76. The van der Waals surface area contributed by atoms with Crippen LogP contribution in [0.1, 0.15) is 23.2 Å². The van der Waals surface area contributed by atoms with Gasteiger partial charge in [-0.1, -0.05) is 6.07 Å². The van der Waals surface area contributed by atoms with Gasteiger partial charge in [-0.2, -0.15) is 0 Å². The number of hydrogen-bond acceptors (Lipinski definition) is 2. The fraction of sp³-hybridized carbons (Fsp3) is 0.400. The van der Waals surface area contributed by atoms with E-state index in [2.05, 4.69) is 10.3 Å². The Hall–Kier alpha value is -1.81. The predicted octanol–water partition coefficient (Wildman–Crippen LogP) is 2.32. The number of ether oxygens (including phenoxy) is 1. The summed E-state index contributed by atoms with van der Waals surface area (Å²) in [5, 5.41) is 4.12. The number of aromatic amines is 1. The van der Waals surface area contributed by atoms with Gasteiger partial charge in [0.05, 0.1) is 6.61 Å². The number of H-pyrrole nitrogens is 1. The molecule has 0 aliphatic carbocycles. The minimum absolute atomic E-state index is 0.0120. The average Bonchev–Trinajstić information content (AvgIpc) is 2.93. The van der Waals surface area contributed by atoms with Gasteiger partial charge in [-0.05, 0) is 42.3 Å². The zero-order valence-electron chi connectivity index (χ0n) is 10.8. The second kappa shape index (κ2) is 5.45. The van der Waals surface area contributed by atoms with Crippen LogP contribution in [0.4, 0.5) is 0 Å². The fourth-order valence-corrected chi connectivity index (χ4v) is 2.50. The standard InChI is InChI=1S/C15H18N2O2/c18-15(17-9-11-2-1-7-19-10-11)13-4-3-12-5-6-16-14(12)8-13/h3-6,8,11,16H,1-2,7,9-10H2,(H,17,18). The summed E-state index contributed by atoms with van der Waals surface area (Å²) in [7, 11) is 0. The number of rotatable bonds is 3. The van der Waals surface area contributed by atoms with Crippen molar-refractivity contribution in [2.45, 2.75) is 12.8 Å². The lowest BCUT2D eigenvalue weighted by molar-refractivity contribution is 0.0536. The summed E-state index contributed by atoms with van der Waals surface area (Å²) >= 11 is 0. The van der Waals surface area contributed by atoms with Crippen molar-refractivity contribution in [2.24, 2.45) is 5.92 Å². The summed E-state index contributed by atoms with van der Waals surface area (Å²) < 4.78 is 5.41. The summed E-state index contributed by atoms with van der Waals surface area (Å²) in [6, 6.07) is 7.71. The Kier molecular flexibility index (Phi) is 3.51. The van der Waals surface area contributed by atoms with Crippen LogP contribution in [0.25, 0.3) is 10.9 Å². The molecule has 2 aromatic rings. The van der Waals surface area contributed by atoms with Gasteiger partial charge in [-0.15, -0.1) is 0 Å². The number of fused-ring (bicyclic) bond motifs is 1. The van der Waals surface area contributed by atoms with E-state index in [0.717, 1.165) is 37.0 Å². The molecular formula is C15H18N2O2. The largest absolute Gasteiger partial charge is 0.381 e. The molecule has 1 fully saturated rings. The van der Waals surface area contributed by atoms with E-state index in [9.17, 15) is 4.79 Å². The van der Waals surface area contributed by atoms with Crippen LogP contribution in [0.3, 0.4) is 0 Å². The highest BCUT2D eigenvalue weighted by Gasteiger charge is 2.15. The maximum Gasteiger partial charge on any atom is 0.251 e. The van der Waals surface area contributed by atoms with Crippen molar-refractivity contribution in [3.63, 3.8) is 0 Å². The third-order valence-corrected chi connectivity index (χ3v) is 3.62. The van der Waals surface area contributed by atoms with Gasteiger partial charge in [0.15, 0.2) is 0 Å². The third-order valence-electron chi connectivity index (χ3n) is 3.62. The number of nitrogens with one attached hydrogen (secondary N) is 2. The van der Waals surface area contributed by atoms with Crippen molar-refractivity contribution in [3.8, 4) is 0 Å². The Balaban J connectivity index is 1.62. The third kappa shape index (κ3) is 2.79. The number of hydrogen-bond donors (Lipinski definition) is 2. The van der Waals surface area contributed by atoms with Crippen molar-refractivity contribution in [2.75, 3.05) is 19.8 Å². The van der Waals surface area contributed by atoms with E-state index >= 15 is 0 Å². The molecule has 2 heterocycles. The summed E-state index contributed by atoms with van der Waals surface area (Å²) in [6.45, 7) is 2.31. The second-order valence-corrected chi connectivity index (χ2v) is 5.07. The molecule has 1 amide bonds. The van der Waals surface area contributed by atoms with Crippen molar-refractivity contribution in [1.82, 2.24) is 10.3 Å². The molecule has 1 unspecified atom stereocenters. The van der Waals surface area contributed by atoms with Crippen LogP contribution in [0.15, 0.2) is 30.5 Å². The Labute approximate surface area is 112 Å². The van der Waals surface area contributed by atoms with E-state index in [0.29, 0.717) is 18.0 Å². The van der Waals surface area contributed by atoms with E-state index in [1.807, 2.05) is 30.5 Å². The number of aromatic nitrogens is 1. The molecule has 0 bridgehead atoms. The molecular weight excluding hydrogens is 240 g/mol. The van der Waals surface area contributed by atoms with Crippen LogP contribution < -0.4 is 5.32 Å². The van der Waals surface area contributed by atoms with E-state index in [-0.39, 0.29) is 5.91 Å². The van der Waals surface area contributed by atoms with Crippen LogP contribution in [0.5, 0.6) is 0 Å².